The molecular weight excluding hydrogens is 230 g/mol. The highest BCUT2D eigenvalue weighted by Gasteiger charge is 2.30. The van der Waals surface area contributed by atoms with Crippen molar-refractivity contribution in [2.45, 2.75) is 32.7 Å². The van der Waals surface area contributed by atoms with E-state index in [0.29, 0.717) is 12.0 Å². The van der Waals surface area contributed by atoms with E-state index in [-0.39, 0.29) is 0 Å². The van der Waals surface area contributed by atoms with Crippen LogP contribution >= 0.6 is 11.6 Å². The zero-order valence-corrected chi connectivity index (χ0v) is 11.3. The Labute approximate surface area is 108 Å². The number of anilines is 1. The van der Waals surface area contributed by atoms with E-state index >= 15 is 0 Å². The van der Waals surface area contributed by atoms with Crippen molar-refractivity contribution in [2.24, 2.45) is 0 Å². The van der Waals surface area contributed by atoms with Gasteiger partial charge in [0.25, 0.3) is 0 Å². The second kappa shape index (κ2) is 4.97. The molecule has 0 fully saturated rings. The summed E-state index contributed by atoms with van der Waals surface area (Å²) >= 11 is 6.02. The largest absolute Gasteiger partial charge is 0.378 e. The summed E-state index contributed by atoms with van der Waals surface area (Å²) in [5.41, 5.74) is 3.85. The smallest absolute Gasteiger partial charge is 0.0554 e. The van der Waals surface area contributed by atoms with Crippen molar-refractivity contribution in [3.05, 3.63) is 52.6 Å². The molecule has 1 aromatic rings. The Kier molecular flexibility index (Phi) is 3.58. The highest BCUT2D eigenvalue weighted by Crippen LogP contribution is 2.40. The lowest BCUT2D eigenvalue weighted by Crippen LogP contribution is -2.18. The Bertz CT molecular complexity index is 474. The second-order valence-corrected chi connectivity index (χ2v) is 4.63. The number of hydrogen-bond donors (Lipinski definition) is 1. The van der Waals surface area contributed by atoms with Gasteiger partial charge >= 0.3 is 0 Å². The van der Waals surface area contributed by atoms with Gasteiger partial charge in [-0.3, -0.25) is 0 Å². The van der Waals surface area contributed by atoms with Crippen LogP contribution < -0.4 is 5.32 Å². The highest BCUT2D eigenvalue weighted by atomic mass is 35.5. The molecule has 0 saturated heterocycles. The van der Waals surface area contributed by atoms with Crippen LogP contribution in [0.25, 0.3) is 0 Å². The maximum atomic E-state index is 6.02. The summed E-state index contributed by atoms with van der Waals surface area (Å²) in [7, 11) is 0. The normalized spacial score (nSPS) is 23.9. The summed E-state index contributed by atoms with van der Waals surface area (Å²) in [6.45, 7) is 6.13. The predicted octanol–water partition coefficient (Wildman–Crippen LogP) is 4.76. The van der Waals surface area contributed by atoms with Crippen molar-refractivity contribution in [3.8, 4) is 0 Å². The van der Waals surface area contributed by atoms with Crippen molar-refractivity contribution in [2.75, 3.05) is 5.32 Å². The summed E-state index contributed by atoms with van der Waals surface area (Å²) in [6, 6.07) is 6.47. The Morgan fingerprint density at radius 3 is 2.76 bits per heavy atom. The number of allylic oxidation sites excluding steroid dienone is 2. The Hall–Kier alpha value is -1.21. The van der Waals surface area contributed by atoms with Crippen LogP contribution in [0.1, 0.15) is 32.3 Å². The van der Waals surface area contributed by atoms with E-state index in [1.165, 1.54) is 16.8 Å². The molecule has 0 radical (unpaired) electrons. The van der Waals surface area contributed by atoms with Crippen molar-refractivity contribution in [3.63, 3.8) is 0 Å². The third-order valence-electron chi connectivity index (χ3n) is 3.09. The van der Waals surface area contributed by atoms with Crippen LogP contribution in [0.5, 0.6) is 0 Å². The van der Waals surface area contributed by atoms with E-state index in [2.05, 4.69) is 42.6 Å². The van der Waals surface area contributed by atoms with E-state index in [4.69, 9.17) is 11.6 Å². The van der Waals surface area contributed by atoms with Gasteiger partial charge in [0.15, 0.2) is 0 Å². The Balaban J connectivity index is 0.000000514. The summed E-state index contributed by atoms with van der Waals surface area (Å²) in [5.74, 6) is 0.447. The van der Waals surface area contributed by atoms with Gasteiger partial charge in [0.1, 0.15) is 0 Å². The van der Waals surface area contributed by atoms with Gasteiger partial charge in [-0.05, 0) is 30.7 Å². The molecule has 1 nitrogen and oxygen atoms in total. The fraction of sp³-hybridized carbons (Fsp3) is 0.333. The molecule has 0 aromatic heterocycles. The van der Waals surface area contributed by atoms with Crippen molar-refractivity contribution >= 4 is 17.3 Å². The predicted molar refractivity (Wildman–Crippen MR) is 75.8 cm³/mol. The topological polar surface area (TPSA) is 12.0 Å². The summed E-state index contributed by atoms with van der Waals surface area (Å²) < 4.78 is 0. The molecule has 3 rings (SSSR count). The quantitative estimate of drug-likeness (QED) is 0.697. The minimum absolute atomic E-state index is 0.406. The first-order valence-corrected chi connectivity index (χ1v) is 6.54. The Morgan fingerprint density at radius 1 is 1.24 bits per heavy atom. The molecule has 0 spiro atoms. The minimum atomic E-state index is 0.406. The van der Waals surface area contributed by atoms with Crippen molar-refractivity contribution in [1.29, 1.82) is 0 Å². The number of nitrogens with one attached hydrogen (secondary N) is 1. The highest BCUT2D eigenvalue weighted by molar-refractivity contribution is 6.30. The molecule has 0 bridgehead atoms. The van der Waals surface area contributed by atoms with Crippen molar-refractivity contribution < 1.29 is 0 Å². The molecule has 2 heteroatoms. The van der Waals surface area contributed by atoms with Gasteiger partial charge in [-0.2, -0.15) is 0 Å². The lowest BCUT2D eigenvalue weighted by atomic mass is 9.89. The van der Waals surface area contributed by atoms with Gasteiger partial charge in [0.05, 0.1) is 6.04 Å². The molecule has 0 saturated carbocycles. The molecule has 90 valence electrons. The zero-order valence-electron chi connectivity index (χ0n) is 10.5. The summed E-state index contributed by atoms with van der Waals surface area (Å²) in [4.78, 5) is 0. The Morgan fingerprint density at radius 2 is 2.00 bits per heavy atom. The van der Waals surface area contributed by atoms with Crippen LogP contribution in [0, 0.1) is 0 Å². The molecule has 2 unspecified atom stereocenters. The van der Waals surface area contributed by atoms with E-state index in [9.17, 15) is 0 Å². The third kappa shape index (κ3) is 2.25. The molecule has 1 N–H and O–H groups in total. The molecule has 1 aliphatic heterocycles. The standard InChI is InChI=1S/C13H12ClN.C2H6/c1-8-2-4-10-11-7-9(14)3-5-12(11)15-13(10)6-8;1-2/h2-7,10,13,15H,1H3;1-2H3. The average Bonchev–Trinajstić information content (AvgIpc) is 2.68. The average molecular weight is 248 g/mol. The number of rotatable bonds is 0. The number of fused-ring (bicyclic) bond motifs is 3. The van der Waals surface area contributed by atoms with Gasteiger partial charge in [0.2, 0.25) is 0 Å². The van der Waals surface area contributed by atoms with Gasteiger partial charge < -0.3 is 5.32 Å². The second-order valence-electron chi connectivity index (χ2n) is 4.20. The van der Waals surface area contributed by atoms with E-state index < -0.39 is 0 Å². The minimum Gasteiger partial charge on any atom is -0.378 e. The number of benzene rings is 1. The molecule has 1 aliphatic carbocycles. The van der Waals surface area contributed by atoms with E-state index in [0.717, 1.165) is 5.02 Å². The molecule has 2 aliphatic rings. The van der Waals surface area contributed by atoms with E-state index in [1.54, 1.807) is 0 Å². The molecule has 1 heterocycles. The molecule has 1 aromatic carbocycles. The SMILES string of the molecule is CC.CC1=CC2Nc3ccc(Cl)cc3C2C=C1. The van der Waals surface area contributed by atoms with Gasteiger partial charge in [0, 0.05) is 16.6 Å². The lowest BCUT2D eigenvalue weighted by molar-refractivity contribution is 0.797. The lowest BCUT2D eigenvalue weighted by Gasteiger charge is -2.18. The monoisotopic (exact) mass is 247 g/mol. The maximum absolute atomic E-state index is 6.02. The van der Waals surface area contributed by atoms with Gasteiger partial charge in [-0.1, -0.05) is 49.2 Å². The van der Waals surface area contributed by atoms with Gasteiger partial charge in [-0.15, -0.1) is 0 Å². The maximum Gasteiger partial charge on any atom is 0.0554 e. The van der Waals surface area contributed by atoms with Crippen LogP contribution in [-0.2, 0) is 0 Å². The van der Waals surface area contributed by atoms with Crippen LogP contribution in [0.3, 0.4) is 0 Å². The fourth-order valence-corrected chi connectivity index (χ4v) is 2.55. The van der Waals surface area contributed by atoms with Crippen molar-refractivity contribution in [1.82, 2.24) is 0 Å². The first kappa shape index (κ1) is 12.3. The molecule has 0 amide bonds. The third-order valence-corrected chi connectivity index (χ3v) is 3.33. The van der Waals surface area contributed by atoms with Crippen LogP contribution in [-0.4, -0.2) is 6.04 Å². The molecule has 2 atom stereocenters. The first-order chi connectivity index (χ1) is 8.24. The van der Waals surface area contributed by atoms with Gasteiger partial charge in [-0.25, -0.2) is 0 Å². The van der Waals surface area contributed by atoms with Crippen LogP contribution in [0.2, 0.25) is 5.02 Å². The fourth-order valence-electron chi connectivity index (χ4n) is 2.37. The zero-order chi connectivity index (χ0) is 12.4. The number of halogens is 1. The number of hydrogen-bond acceptors (Lipinski definition) is 1. The summed E-state index contributed by atoms with van der Waals surface area (Å²) in [6.07, 6.45) is 6.71. The molecular formula is C15H18ClN. The first-order valence-electron chi connectivity index (χ1n) is 6.17. The van der Waals surface area contributed by atoms with E-state index in [1.807, 2.05) is 19.9 Å². The van der Waals surface area contributed by atoms with Crippen LogP contribution in [0.15, 0.2) is 42.0 Å². The van der Waals surface area contributed by atoms with Crippen LogP contribution in [0.4, 0.5) is 5.69 Å². The molecule has 17 heavy (non-hydrogen) atoms. The summed E-state index contributed by atoms with van der Waals surface area (Å²) in [5, 5.41) is 4.32.